The number of nitrogens with two attached hydrogens (primary N) is 1. The van der Waals surface area contributed by atoms with E-state index in [0.29, 0.717) is 6.42 Å². The van der Waals surface area contributed by atoms with Crippen LogP contribution in [-0.4, -0.2) is 19.3 Å². The van der Waals surface area contributed by atoms with Crippen LogP contribution < -0.4 is 10.5 Å². The molecule has 2 N–H and O–H groups in total. The molecule has 0 aromatic heterocycles. The van der Waals surface area contributed by atoms with Crippen molar-refractivity contribution >= 4 is 0 Å². The van der Waals surface area contributed by atoms with Gasteiger partial charge in [0.2, 0.25) is 0 Å². The minimum atomic E-state index is -0.769. The van der Waals surface area contributed by atoms with E-state index in [9.17, 15) is 4.39 Å². The maximum Gasteiger partial charge on any atom is 0.118 e. The topological polar surface area (TPSA) is 35.2 Å². The lowest BCUT2D eigenvalue weighted by molar-refractivity contribution is 0.327. The third-order valence-corrected chi connectivity index (χ3v) is 2.07. The number of alkyl halides is 1. The van der Waals surface area contributed by atoms with Crippen molar-refractivity contribution in [1.29, 1.82) is 0 Å². The van der Waals surface area contributed by atoms with Gasteiger partial charge in [0, 0.05) is 5.54 Å². The van der Waals surface area contributed by atoms with Crippen LogP contribution >= 0.6 is 0 Å². The summed E-state index contributed by atoms with van der Waals surface area (Å²) in [6, 6.07) is 7.51. The van der Waals surface area contributed by atoms with Crippen molar-refractivity contribution in [3.63, 3.8) is 0 Å². The Morgan fingerprint density at radius 3 is 2.36 bits per heavy atom. The van der Waals surface area contributed by atoms with Crippen molar-refractivity contribution in [1.82, 2.24) is 0 Å². The Bertz CT molecular complexity index is 282. The Morgan fingerprint density at radius 2 is 1.93 bits per heavy atom. The highest BCUT2D eigenvalue weighted by Gasteiger charge is 2.18. The van der Waals surface area contributed by atoms with E-state index in [2.05, 4.69) is 0 Å². The largest absolute Gasteiger partial charge is 0.497 e. The first-order chi connectivity index (χ1) is 6.57. The van der Waals surface area contributed by atoms with E-state index in [0.717, 1.165) is 11.3 Å². The molecule has 0 spiro atoms. The number of rotatable bonds is 4. The number of hydrogen-bond acceptors (Lipinski definition) is 2. The molecule has 0 aliphatic heterocycles. The van der Waals surface area contributed by atoms with E-state index < -0.39 is 12.2 Å². The summed E-state index contributed by atoms with van der Waals surface area (Å²) in [5, 5.41) is 0. The Hall–Kier alpha value is -1.09. The van der Waals surface area contributed by atoms with E-state index in [1.165, 1.54) is 0 Å². The average molecular weight is 197 g/mol. The van der Waals surface area contributed by atoms with Crippen molar-refractivity contribution in [2.45, 2.75) is 18.9 Å². The predicted molar refractivity (Wildman–Crippen MR) is 55.3 cm³/mol. The summed E-state index contributed by atoms with van der Waals surface area (Å²) in [6.07, 6.45) is 0.535. The molecule has 0 saturated carbocycles. The fourth-order valence-electron chi connectivity index (χ4n) is 1.26. The lowest BCUT2D eigenvalue weighted by Crippen LogP contribution is -2.40. The molecule has 1 atom stereocenters. The zero-order chi connectivity index (χ0) is 10.6. The maximum atomic E-state index is 12.5. The third kappa shape index (κ3) is 3.00. The van der Waals surface area contributed by atoms with E-state index in [1.54, 1.807) is 14.0 Å². The summed E-state index contributed by atoms with van der Waals surface area (Å²) in [4.78, 5) is 0. The van der Waals surface area contributed by atoms with Gasteiger partial charge in [-0.05, 0) is 31.0 Å². The second kappa shape index (κ2) is 4.42. The Kier molecular flexibility index (Phi) is 3.47. The summed E-state index contributed by atoms with van der Waals surface area (Å²) in [6.45, 7) is 1.19. The summed E-state index contributed by atoms with van der Waals surface area (Å²) in [7, 11) is 1.61. The Morgan fingerprint density at radius 1 is 1.36 bits per heavy atom. The fraction of sp³-hybridized carbons (Fsp3) is 0.455. The van der Waals surface area contributed by atoms with Gasteiger partial charge in [-0.25, -0.2) is 4.39 Å². The molecule has 0 bridgehead atoms. The molecule has 2 nitrogen and oxygen atoms in total. The van der Waals surface area contributed by atoms with Crippen LogP contribution in [0, 0.1) is 0 Å². The standard InChI is InChI=1S/C11H16FNO/c1-11(13,8-12)7-9-3-5-10(14-2)6-4-9/h3-6H,7-8,13H2,1-2H3. The highest BCUT2D eigenvalue weighted by molar-refractivity contribution is 5.28. The molecule has 14 heavy (non-hydrogen) atoms. The summed E-state index contributed by atoms with van der Waals surface area (Å²) in [5.74, 6) is 0.799. The summed E-state index contributed by atoms with van der Waals surface area (Å²) >= 11 is 0. The second-order valence-electron chi connectivity index (χ2n) is 3.81. The van der Waals surface area contributed by atoms with Crippen LogP contribution in [0.3, 0.4) is 0 Å². The molecule has 0 aliphatic carbocycles. The first kappa shape index (κ1) is 11.0. The Balaban J connectivity index is 2.69. The van der Waals surface area contributed by atoms with Gasteiger partial charge >= 0.3 is 0 Å². The zero-order valence-corrected chi connectivity index (χ0v) is 8.59. The van der Waals surface area contributed by atoms with Gasteiger partial charge in [0.1, 0.15) is 12.4 Å². The molecule has 0 aliphatic rings. The molecule has 78 valence electrons. The minimum Gasteiger partial charge on any atom is -0.497 e. The molecule has 0 amide bonds. The van der Waals surface area contributed by atoms with Crippen LogP contribution in [0.2, 0.25) is 0 Å². The van der Waals surface area contributed by atoms with Crippen molar-refractivity contribution in [2.24, 2.45) is 5.73 Å². The number of benzene rings is 1. The van der Waals surface area contributed by atoms with Gasteiger partial charge in [0.25, 0.3) is 0 Å². The molecule has 0 heterocycles. The molecule has 1 unspecified atom stereocenters. The first-order valence-corrected chi connectivity index (χ1v) is 4.55. The van der Waals surface area contributed by atoms with Crippen LogP contribution in [0.1, 0.15) is 12.5 Å². The first-order valence-electron chi connectivity index (χ1n) is 4.55. The van der Waals surface area contributed by atoms with Gasteiger partial charge in [-0.3, -0.25) is 0 Å². The molecule has 0 radical (unpaired) electrons. The van der Waals surface area contributed by atoms with Crippen LogP contribution in [0.4, 0.5) is 4.39 Å². The highest BCUT2D eigenvalue weighted by atomic mass is 19.1. The number of ether oxygens (including phenoxy) is 1. The lowest BCUT2D eigenvalue weighted by atomic mass is 9.95. The predicted octanol–water partition coefficient (Wildman–Crippen LogP) is 1.92. The SMILES string of the molecule is COc1ccc(CC(C)(N)CF)cc1. The van der Waals surface area contributed by atoms with Crippen LogP contribution in [0.5, 0.6) is 5.75 Å². The molecular weight excluding hydrogens is 181 g/mol. The summed E-state index contributed by atoms with van der Waals surface area (Å²) < 4.78 is 17.5. The smallest absolute Gasteiger partial charge is 0.118 e. The maximum absolute atomic E-state index is 12.5. The van der Waals surface area contributed by atoms with E-state index in [1.807, 2.05) is 24.3 Å². The van der Waals surface area contributed by atoms with Gasteiger partial charge in [-0.15, -0.1) is 0 Å². The molecule has 1 aromatic rings. The van der Waals surface area contributed by atoms with Crippen molar-refractivity contribution in [2.75, 3.05) is 13.8 Å². The minimum absolute atomic E-state index is 0.515. The number of halogens is 1. The van der Waals surface area contributed by atoms with Crippen LogP contribution in [-0.2, 0) is 6.42 Å². The monoisotopic (exact) mass is 197 g/mol. The molecular formula is C11H16FNO. The van der Waals surface area contributed by atoms with Gasteiger partial charge in [-0.1, -0.05) is 12.1 Å². The van der Waals surface area contributed by atoms with E-state index in [-0.39, 0.29) is 0 Å². The number of hydrogen-bond donors (Lipinski definition) is 1. The second-order valence-corrected chi connectivity index (χ2v) is 3.81. The fourth-order valence-corrected chi connectivity index (χ4v) is 1.26. The highest BCUT2D eigenvalue weighted by Crippen LogP contribution is 2.15. The average Bonchev–Trinajstić information content (AvgIpc) is 2.19. The zero-order valence-electron chi connectivity index (χ0n) is 8.59. The molecule has 1 aromatic carbocycles. The van der Waals surface area contributed by atoms with Crippen molar-refractivity contribution in [3.8, 4) is 5.75 Å². The molecule has 3 heteroatoms. The van der Waals surface area contributed by atoms with Crippen LogP contribution in [0.15, 0.2) is 24.3 Å². The van der Waals surface area contributed by atoms with E-state index in [4.69, 9.17) is 10.5 Å². The van der Waals surface area contributed by atoms with Gasteiger partial charge in [0.15, 0.2) is 0 Å². The lowest BCUT2D eigenvalue weighted by Gasteiger charge is -2.20. The third-order valence-electron chi connectivity index (χ3n) is 2.07. The van der Waals surface area contributed by atoms with Gasteiger partial charge < -0.3 is 10.5 Å². The van der Waals surface area contributed by atoms with Crippen molar-refractivity contribution < 1.29 is 9.13 Å². The molecule has 0 saturated heterocycles. The number of methoxy groups -OCH3 is 1. The normalized spacial score (nSPS) is 14.9. The molecule has 1 rings (SSSR count). The molecule has 0 fully saturated rings. The Labute approximate surface area is 83.9 Å². The van der Waals surface area contributed by atoms with E-state index >= 15 is 0 Å². The quantitative estimate of drug-likeness (QED) is 0.800. The summed E-state index contributed by atoms with van der Waals surface area (Å²) in [5.41, 5.74) is 5.96. The van der Waals surface area contributed by atoms with Crippen molar-refractivity contribution in [3.05, 3.63) is 29.8 Å². The van der Waals surface area contributed by atoms with Gasteiger partial charge in [-0.2, -0.15) is 0 Å². The van der Waals surface area contributed by atoms with Crippen LogP contribution in [0.25, 0.3) is 0 Å². The van der Waals surface area contributed by atoms with Gasteiger partial charge in [0.05, 0.1) is 7.11 Å².